The van der Waals surface area contributed by atoms with Crippen molar-refractivity contribution >= 4 is 5.91 Å². The molecule has 0 aromatic carbocycles. The molecule has 2 aromatic rings. The van der Waals surface area contributed by atoms with Gasteiger partial charge in [-0.1, -0.05) is 6.42 Å². The molecule has 3 heterocycles. The number of carbonyl (C=O) groups excluding carboxylic acids is 1. The maximum atomic E-state index is 12.4. The van der Waals surface area contributed by atoms with Crippen LogP contribution in [-0.4, -0.2) is 56.2 Å². The SMILES string of the molecule is O=C(NCC1CCCCN1CCn1nc2c(cc1=O)CCCC2)c1c[nH]c(=O)[nH]c1=O. The average Bonchev–Trinajstić information content (AvgIpc) is 2.76. The van der Waals surface area contributed by atoms with E-state index >= 15 is 0 Å². The number of likely N-dealkylation sites (tertiary alicyclic amines) is 1. The first-order valence-corrected chi connectivity index (χ1v) is 11.0. The van der Waals surface area contributed by atoms with E-state index in [1.807, 2.05) is 0 Å². The summed E-state index contributed by atoms with van der Waals surface area (Å²) in [6, 6.07) is 1.85. The largest absolute Gasteiger partial charge is 0.350 e. The van der Waals surface area contributed by atoms with E-state index in [2.05, 4.69) is 25.3 Å². The lowest BCUT2D eigenvalue weighted by molar-refractivity contribution is 0.0907. The number of aromatic nitrogens is 4. The Labute approximate surface area is 178 Å². The molecule has 2 aromatic heterocycles. The number of nitrogens with one attached hydrogen (secondary N) is 3. The van der Waals surface area contributed by atoms with Crippen molar-refractivity contribution in [3.63, 3.8) is 0 Å². The van der Waals surface area contributed by atoms with Crippen LogP contribution in [0.4, 0.5) is 0 Å². The maximum absolute atomic E-state index is 12.4. The van der Waals surface area contributed by atoms with Crippen LogP contribution in [0.25, 0.3) is 0 Å². The zero-order valence-electron chi connectivity index (χ0n) is 17.5. The molecule has 1 saturated heterocycles. The fourth-order valence-corrected chi connectivity index (χ4v) is 4.45. The van der Waals surface area contributed by atoms with E-state index in [1.54, 1.807) is 10.7 Å². The standard InChI is InChI=1S/C21H28N6O4/c28-18-11-14-5-1-2-7-17(14)25-27(18)10-9-26-8-4-3-6-15(26)12-22-19(29)16-13-23-21(31)24-20(16)30/h11,13,15H,1-10,12H2,(H,22,29)(H2,23,24,30,31). The molecular formula is C21H28N6O4. The number of H-pyrrole nitrogens is 2. The number of rotatable bonds is 6. The molecule has 31 heavy (non-hydrogen) atoms. The Kier molecular flexibility index (Phi) is 6.45. The molecule has 10 nitrogen and oxygen atoms in total. The van der Waals surface area contributed by atoms with E-state index in [1.165, 1.54) is 0 Å². The van der Waals surface area contributed by atoms with Crippen LogP contribution in [-0.2, 0) is 19.4 Å². The molecule has 166 valence electrons. The first-order chi connectivity index (χ1) is 15.0. The molecule has 1 amide bonds. The van der Waals surface area contributed by atoms with Crippen molar-refractivity contribution in [1.29, 1.82) is 0 Å². The highest BCUT2D eigenvalue weighted by Crippen LogP contribution is 2.18. The maximum Gasteiger partial charge on any atom is 0.325 e. The molecule has 0 radical (unpaired) electrons. The van der Waals surface area contributed by atoms with Crippen LogP contribution in [0.2, 0.25) is 0 Å². The van der Waals surface area contributed by atoms with Gasteiger partial charge in [-0.3, -0.25) is 24.3 Å². The van der Waals surface area contributed by atoms with Gasteiger partial charge in [0.2, 0.25) is 0 Å². The van der Waals surface area contributed by atoms with Crippen molar-refractivity contribution in [2.75, 3.05) is 19.6 Å². The van der Waals surface area contributed by atoms with Crippen molar-refractivity contribution in [2.24, 2.45) is 0 Å². The van der Waals surface area contributed by atoms with E-state index in [4.69, 9.17) is 0 Å². The zero-order valence-corrected chi connectivity index (χ0v) is 17.5. The summed E-state index contributed by atoms with van der Waals surface area (Å²) in [6.45, 7) is 2.46. The number of aryl methyl sites for hydroxylation is 2. The molecule has 1 aliphatic heterocycles. The number of nitrogens with zero attached hydrogens (tertiary/aromatic N) is 3. The molecule has 1 aliphatic carbocycles. The number of hydrogen-bond acceptors (Lipinski definition) is 6. The van der Waals surface area contributed by atoms with Gasteiger partial charge in [-0.05, 0) is 50.6 Å². The van der Waals surface area contributed by atoms with E-state index < -0.39 is 17.2 Å². The van der Waals surface area contributed by atoms with Crippen molar-refractivity contribution in [2.45, 2.75) is 57.5 Å². The van der Waals surface area contributed by atoms with E-state index in [-0.39, 0.29) is 17.2 Å². The van der Waals surface area contributed by atoms with E-state index in [0.29, 0.717) is 19.6 Å². The summed E-state index contributed by atoms with van der Waals surface area (Å²) in [7, 11) is 0. The Morgan fingerprint density at radius 3 is 2.81 bits per heavy atom. The van der Waals surface area contributed by atoms with Gasteiger partial charge in [0.25, 0.3) is 17.0 Å². The fraction of sp³-hybridized carbons (Fsp3) is 0.571. The fourth-order valence-electron chi connectivity index (χ4n) is 4.45. The molecule has 0 spiro atoms. The molecular weight excluding hydrogens is 400 g/mol. The topological polar surface area (TPSA) is 133 Å². The minimum Gasteiger partial charge on any atom is -0.350 e. The van der Waals surface area contributed by atoms with Crippen molar-refractivity contribution in [3.05, 3.63) is 60.3 Å². The third-order valence-electron chi connectivity index (χ3n) is 6.18. The van der Waals surface area contributed by atoms with E-state index in [9.17, 15) is 19.2 Å². The first-order valence-electron chi connectivity index (χ1n) is 11.0. The summed E-state index contributed by atoms with van der Waals surface area (Å²) in [5.74, 6) is -0.518. The van der Waals surface area contributed by atoms with Gasteiger partial charge < -0.3 is 10.3 Å². The highest BCUT2D eigenvalue weighted by molar-refractivity contribution is 5.93. The third kappa shape index (κ3) is 5.01. The second kappa shape index (κ2) is 9.42. The summed E-state index contributed by atoms with van der Waals surface area (Å²) in [6.07, 6.45) is 8.28. The lowest BCUT2D eigenvalue weighted by atomic mass is 9.97. The average molecular weight is 428 g/mol. The number of fused-ring (bicyclic) bond motifs is 1. The predicted molar refractivity (Wildman–Crippen MR) is 114 cm³/mol. The lowest BCUT2D eigenvalue weighted by Crippen LogP contribution is -2.48. The molecule has 10 heteroatoms. The van der Waals surface area contributed by atoms with Crippen molar-refractivity contribution in [3.8, 4) is 0 Å². The summed E-state index contributed by atoms with van der Waals surface area (Å²) in [4.78, 5) is 54.4. The molecule has 0 saturated carbocycles. The summed E-state index contributed by atoms with van der Waals surface area (Å²) < 4.78 is 1.56. The predicted octanol–water partition coefficient (Wildman–Crippen LogP) is -0.217. The Morgan fingerprint density at radius 1 is 1.13 bits per heavy atom. The molecule has 0 bridgehead atoms. The molecule has 2 aliphatic rings. The zero-order chi connectivity index (χ0) is 21.8. The first kappa shape index (κ1) is 21.2. The van der Waals surface area contributed by atoms with Crippen LogP contribution in [0.5, 0.6) is 0 Å². The summed E-state index contributed by atoms with van der Waals surface area (Å²) in [5, 5.41) is 7.40. The number of hydrogen-bond donors (Lipinski definition) is 3. The second-order valence-electron chi connectivity index (χ2n) is 8.27. The minimum absolute atomic E-state index is 0.0557. The van der Waals surface area contributed by atoms with Gasteiger partial charge in [0.1, 0.15) is 5.56 Å². The lowest BCUT2D eigenvalue weighted by Gasteiger charge is -2.35. The van der Waals surface area contributed by atoms with Gasteiger partial charge in [0, 0.05) is 31.4 Å². The van der Waals surface area contributed by atoms with Gasteiger partial charge in [-0.2, -0.15) is 5.10 Å². The third-order valence-corrected chi connectivity index (χ3v) is 6.18. The van der Waals surface area contributed by atoms with Crippen LogP contribution in [0.1, 0.15) is 53.7 Å². The van der Waals surface area contributed by atoms with Gasteiger partial charge >= 0.3 is 5.69 Å². The van der Waals surface area contributed by atoms with Gasteiger partial charge in [0.15, 0.2) is 0 Å². The van der Waals surface area contributed by atoms with Crippen molar-refractivity contribution < 1.29 is 4.79 Å². The number of piperidine rings is 1. The number of aromatic amines is 2. The highest BCUT2D eigenvalue weighted by Gasteiger charge is 2.24. The van der Waals surface area contributed by atoms with Crippen LogP contribution >= 0.6 is 0 Å². The van der Waals surface area contributed by atoms with Gasteiger partial charge in [-0.25, -0.2) is 9.48 Å². The summed E-state index contributed by atoms with van der Waals surface area (Å²) in [5.41, 5.74) is 0.597. The molecule has 3 N–H and O–H groups in total. The van der Waals surface area contributed by atoms with Crippen LogP contribution in [0.15, 0.2) is 26.6 Å². The van der Waals surface area contributed by atoms with Crippen LogP contribution < -0.4 is 22.1 Å². The highest BCUT2D eigenvalue weighted by atomic mass is 16.2. The monoisotopic (exact) mass is 428 g/mol. The Bertz CT molecular complexity index is 1120. The Balaban J connectivity index is 1.38. The van der Waals surface area contributed by atoms with Gasteiger partial charge in [-0.15, -0.1) is 0 Å². The van der Waals surface area contributed by atoms with Crippen LogP contribution in [0, 0.1) is 0 Å². The van der Waals surface area contributed by atoms with Gasteiger partial charge in [0.05, 0.1) is 12.2 Å². The van der Waals surface area contributed by atoms with Crippen molar-refractivity contribution in [1.82, 2.24) is 30.0 Å². The minimum atomic E-state index is -0.709. The Hall–Kier alpha value is -3.01. The van der Waals surface area contributed by atoms with Crippen LogP contribution in [0.3, 0.4) is 0 Å². The molecule has 1 unspecified atom stereocenters. The summed E-state index contributed by atoms with van der Waals surface area (Å²) >= 11 is 0. The molecule has 1 atom stereocenters. The second-order valence-corrected chi connectivity index (χ2v) is 8.27. The Morgan fingerprint density at radius 2 is 1.97 bits per heavy atom. The molecule has 1 fully saturated rings. The number of amides is 1. The van der Waals surface area contributed by atoms with E-state index in [0.717, 1.165) is 68.9 Å². The number of carbonyl (C=O) groups is 1. The normalized spacial score (nSPS) is 19.0. The smallest absolute Gasteiger partial charge is 0.325 e. The molecule has 4 rings (SSSR count). The quantitative estimate of drug-likeness (QED) is 0.583.